The van der Waals surface area contributed by atoms with Gasteiger partial charge in [0.25, 0.3) is 0 Å². The average Bonchev–Trinajstić information content (AvgIpc) is 2.96. The summed E-state index contributed by atoms with van der Waals surface area (Å²) in [5.74, 6) is 0.0142. The molecule has 0 aromatic heterocycles. The van der Waals surface area contributed by atoms with Gasteiger partial charge in [0.05, 0.1) is 24.1 Å². The second kappa shape index (κ2) is 8.01. The summed E-state index contributed by atoms with van der Waals surface area (Å²) in [7, 11) is -3.00. The van der Waals surface area contributed by atoms with E-state index in [4.69, 9.17) is 0 Å². The minimum absolute atomic E-state index is 0.0405. The zero-order chi connectivity index (χ0) is 18.6. The first kappa shape index (κ1) is 18.6. The maximum Gasteiger partial charge on any atom is 0.234 e. The Morgan fingerprint density at radius 2 is 1.73 bits per heavy atom. The Morgan fingerprint density at radius 3 is 2.35 bits per heavy atom. The van der Waals surface area contributed by atoms with Gasteiger partial charge < -0.3 is 5.32 Å². The average molecular weight is 372 g/mol. The molecule has 0 bridgehead atoms. The quantitative estimate of drug-likeness (QED) is 0.813. The van der Waals surface area contributed by atoms with Crippen LogP contribution in [0.4, 0.5) is 0 Å². The van der Waals surface area contributed by atoms with Gasteiger partial charge in [0.15, 0.2) is 9.84 Å². The minimum atomic E-state index is -3.00. The van der Waals surface area contributed by atoms with Gasteiger partial charge >= 0.3 is 0 Å². The first-order chi connectivity index (χ1) is 12.4. The van der Waals surface area contributed by atoms with Crippen molar-refractivity contribution < 1.29 is 13.2 Å². The lowest BCUT2D eigenvalue weighted by Gasteiger charge is -2.20. The molecule has 26 heavy (non-hydrogen) atoms. The number of hydrogen-bond acceptors (Lipinski definition) is 4. The number of hydrogen-bond donors (Lipinski definition) is 2. The highest BCUT2D eigenvalue weighted by molar-refractivity contribution is 7.91. The minimum Gasteiger partial charge on any atom is -0.351 e. The van der Waals surface area contributed by atoms with Crippen molar-refractivity contribution in [3.63, 3.8) is 0 Å². The number of nitrogens with one attached hydrogen (secondary N) is 2. The molecular formula is C20H24N2O3S. The van der Waals surface area contributed by atoms with Gasteiger partial charge in [-0.05, 0) is 24.5 Å². The smallest absolute Gasteiger partial charge is 0.234 e. The second-order valence-corrected chi connectivity index (χ2v) is 9.03. The van der Waals surface area contributed by atoms with E-state index in [0.717, 1.165) is 11.1 Å². The van der Waals surface area contributed by atoms with E-state index in [2.05, 4.69) is 34.9 Å². The molecule has 0 spiro atoms. The van der Waals surface area contributed by atoms with Crippen molar-refractivity contribution in [3.8, 4) is 0 Å². The Hall–Kier alpha value is -2.18. The first-order valence-electron chi connectivity index (χ1n) is 8.78. The molecule has 0 saturated carbocycles. The highest BCUT2D eigenvalue weighted by atomic mass is 32.2. The summed E-state index contributed by atoms with van der Waals surface area (Å²) in [6.07, 6.45) is 0.494. The predicted molar refractivity (Wildman–Crippen MR) is 103 cm³/mol. The van der Waals surface area contributed by atoms with E-state index < -0.39 is 9.84 Å². The Labute approximate surface area is 154 Å². The van der Waals surface area contributed by atoms with E-state index in [0.29, 0.717) is 6.42 Å². The summed E-state index contributed by atoms with van der Waals surface area (Å²) in [6, 6.07) is 17.8. The van der Waals surface area contributed by atoms with Gasteiger partial charge in [0.1, 0.15) is 0 Å². The molecule has 2 aromatic carbocycles. The van der Waals surface area contributed by atoms with Crippen LogP contribution < -0.4 is 10.6 Å². The van der Waals surface area contributed by atoms with E-state index >= 15 is 0 Å². The molecule has 138 valence electrons. The fourth-order valence-corrected chi connectivity index (χ4v) is 4.89. The number of sulfone groups is 1. The zero-order valence-electron chi connectivity index (χ0n) is 14.8. The van der Waals surface area contributed by atoms with Crippen molar-refractivity contribution >= 4 is 15.7 Å². The second-order valence-electron chi connectivity index (χ2n) is 6.80. The fraction of sp³-hybridized carbons (Fsp3) is 0.350. The van der Waals surface area contributed by atoms with Gasteiger partial charge in [-0.3, -0.25) is 10.1 Å². The summed E-state index contributed by atoms with van der Waals surface area (Å²) >= 11 is 0. The van der Waals surface area contributed by atoms with Crippen LogP contribution in [-0.2, 0) is 14.6 Å². The molecule has 2 N–H and O–H groups in total. The van der Waals surface area contributed by atoms with Crippen LogP contribution in [-0.4, -0.2) is 38.4 Å². The number of rotatable bonds is 6. The lowest BCUT2D eigenvalue weighted by molar-refractivity contribution is -0.120. The van der Waals surface area contributed by atoms with Gasteiger partial charge in [-0.1, -0.05) is 60.2 Å². The van der Waals surface area contributed by atoms with Gasteiger partial charge in [-0.2, -0.15) is 0 Å². The number of benzene rings is 2. The van der Waals surface area contributed by atoms with Crippen LogP contribution in [0.3, 0.4) is 0 Å². The molecule has 5 nitrogen and oxygen atoms in total. The normalized spacial score (nSPS) is 19.8. The van der Waals surface area contributed by atoms with Crippen LogP contribution in [0.1, 0.15) is 29.2 Å². The van der Waals surface area contributed by atoms with Crippen LogP contribution in [0.25, 0.3) is 0 Å². The standard InChI is InChI=1S/C20H24N2O3S/c1-15-7-9-17(10-8-15)20(16-5-3-2-4-6-16)21-13-19(23)22-18-11-12-26(24,25)14-18/h2-10,18,20-21H,11-14H2,1H3,(H,22,23)/t18-,20-/m0/s1. The Morgan fingerprint density at radius 1 is 1.08 bits per heavy atom. The highest BCUT2D eigenvalue weighted by Gasteiger charge is 2.29. The molecule has 1 amide bonds. The monoisotopic (exact) mass is 372 g/mol. The fourth-order valence-electron chi connectivity index (χ4n) is 3.21. The van der Waals surface area contributed by atoms with Crippen LogP contribution in [0.15, 0.2) is 54.6 Å². The van der Waals surface area contributed by atoms with Gasteiger partial charge in [0.2, 0.25) is 5.91 Å². The Balaban J connectivity index is 1.66. The molecule has 2 aromatic rings. The van der Waals surface area contributed by atoms with Gasteiger partial charge in [0, 0.05) is 6.04 Å². The molecule has 1 saturated heterocycles. The summed E-state index contributed by atoms with van der Waals surface area (Å²) in [4.78, 5) is 12.3. The third-order valence-corrected chi connectivity index (χ3v) is 6.38. The summed E-state index contributed by atoms with van der Waals surface area (Å²) in [5.41, 5.74) is 3.34. The predicted octanol–water partition coefficient (Wildman–Crippen LogP) is 1.98. The third kappa shape index (κ3) is 4.93. The molecule has 1 aliphatic rings. The Kier molecular flexibility index (Phi) is 5.74. The summed E-state index contributed by atoms with van der Waals surface area (Å²) < 4.78 is 23.0. The molecule has 0 radical (unpaired) electrons. The van der Waals surface area contributed by atoms with Crippen LogP contribution in [0.2, 0.25) is 0 Å². The molecule has 1 fully saturated rings. The van der Waals surface area contributed by atoms with Crippen molar-refractivity contribution in [2.45, 2.75) is 25.4 Å². The number of aryl methyl sites for hydroxylation is 1. The lowest BCUT2D eigenvalue weighted by Crippen LogP contribution is -2.42. The van der Waals surface area contributed by atoms with Crippen molar-refractivity contribution in [2.75, 3.05) is 18.1 Å². The van der Waals surface area contributed by atoms with E-state index in [1.165, 1.54) is 5.56 Å². The summed E-state index contributed by atoms with van der Waals surface area (Å²) in [6.45, 7) is 2.17. The molecule has 1 aliphatic heterocycles. The van der Waals surface area contributed by atoms with E-state index in [1.54, 1.807) is 0 Å². The SMILES string of the molecule is Cc1ccc([C@@H](NCC(=O)N[C@H]2CCS(=O)(=O)C2)c2ccccc2)cc1. The molecule has 0 aliphatic carbocycles. The molecule has 3 rings (SSSR count). The number of carbonyl (C=O) groups excluding carboxylic acids is 1. The van der Waals surface area contributed by atoms with Gasteiger partial charge in [-0.25, -0.2) is 8.42 Å². The summed E-state index contributed by atoms with van der Waals surface area (Å²) in [5, 5.41) is 6.13. The lowest BCUT2D eigenvalue weighted by atomic mass is 9.98. The topological polar surface area (TPSA) is 75.3 Å². The maximum atomic E-state index is 12.3. The largest absolute Gasteiger partial charge is 0.351 e. The molecule has 6 heteroatoms. The van der Waals surface area contributed by atoms with E-state index in [9.17, 15) is 13.2 Å². The van der Waals surface area contributed by atoms with E-state index in [-0.39, 0.29) is 36.0 Å². The molecule has 2 atom stereocenters. The van der Waals surface area contributed by atoms with Crippen molar-refractivity contribution in [3.05, 3.63) is 71.3 Å². The van der Waals surface area contributed by atoms with Crippen molar-refractivity contribution in [1.29, 1.82) is 0 Å². The first-order valence-corrected chi connectivity index (χ1v) is 10.6. The zero-order valence-corrected chi connectivity index (χ0v) is 15.6. The van der Waals surface area contributed by atoms with E-state index in [1.807, 2.05) is 37.3 Å². The maximum absolute atomic E-state index is 12.3. The Bertz CT molecular complexity index is 848. The highest BCUT2D eigenvalue weighted by Crippen LogP contribution is 2.22. The molecular weight excluding hydrogens is 348 g/mol. The number of carbonyl (C=O) groups is 1. The van der Waals surface area contributed by atoms with Crippen LogP contribution in [0.5, 0.6) is 0 Å². The third-order valence-electron chi connectivity index (χ3n) is 4.61. The molecule has 0 unspecified atom stereocenters. The van der Waals surface area contributed by atoms with Crippen molar-refractivity contribution in [1.82, 2.24) is 10.6 Å². The van der Waals surface area contributed by atoms with Gasteiger partial charge in [-0.15, -0.1) is 0 Å². The van der Waals surface area contributed by atoms with Crippen LogP contribution in [0, 0.1) is 6.92 Å². The number of amides is 1. The van der Waals surface area contributed by atoms with Crippen molar-refractivity contribution in [2.24, 2.45) is 0 Å². The van der Waals surface area contributed by atoms with Crippen LogP contribution >= 0.6 is 0 Å². The molecule has 1 heterocycles.